The number of ether oxygens (including phenoxy) is 2. The van der Waals surface area contributed by atoms with Crippen LogP contribution < -0.4 is 0 Å². The van der Waals surface area contributed by atoms with Crippen LogP contribution in [0.25, 0.3) is 21.5 Å². The van der Waals surface area contributed by atoms with Gasteiger partial charge in [-0.2, -0.15) is 0 Å². The Balaban J connectivity index is 1.43. The minimum absolute atomic E-state index is 0.0505. The number of hydrogen-bond donors (Lipinski definition) is 0. The minimum Gasteiger partial charge on any atom is -0.379 e. The van der Waals surface area contributed by atoms with E-state index < -0.39 is 0 Å². The number of rotatable bonds is 17. The lowest BCUT2D eigenvalue weighted by Gasteiger charge is -2.38. The molecule has 262 valence electrons. The number of morpholine rings is 2. The Hall–Kier alpha value is -3.09. The molecular formula is C44H59N3O2. The third-order valence-corrected chi connectivity index (χ3v) is 11.4. The minimum atomic E-state index is -0.144. The number of hydrogen-bond acceptors (Lipinski definition) is 5. The molecule has 2 unspecified atom stereocenters. The van der Waals surface area contributed by atoms with E-state index in [4.69, 9.17) is 14.5 Å². The smallest absolute Gasteiger partial charge is 0.0594 e. The molecule has 2 aliphatic rings. The van der Waals surface area contributed by atoms with Crippen LogP contribution in [0.5, 0.6) is 0 Å². The van der Waals surface area contributed by atoms with Gasteiger partial charge in [0.25, 0.3) is 0 Å². The zero-order chi connectivity index (χ0) is 33.8. The van der Waals surface area contributed by atoms with Crippen LogP contribution in [0.15, 0.2) is 89.9 Å². The Labute approximate surface area is 295 Å². The fraction of sp³-hybridized carbons (Fsp3) is 0.523. The molecule has 4 aromatic carbocycles. The molecular weight excluding hydrogens is 603 g/mol. The maximum atomic E-state index is 5.74. The van der Waals surface area contributed by atoms with Gasteiger partial charge in [-0.3, -0.25) is 14.8 Å². The lowest BCUT2D eigenvalue weighted by Crippen LogP contribution is -2.42. The normalized spacial score (nSPS) is 19.0. The molecule has 2 heterocycles. The van der Waals surface area contributed by atoms with Crippen LogP contribution in [0.2, 0.25) is 0 Å². The van der Waals surface area contributed by atoms with Gasteiger partial charge < -0.3 is 9.47 Å². The molecule has 0 saturated carbocycles. The van der Waals surface area contributed by atoms with E-state index in [0.29, 0.717) is 0 Å². The van der Waals surface area contributed by atoms with E-state index in [1.165, 1.54) is 58.4 Å². The Morgan fingerprint density at radius 1 is 0.592 bits per heavy atom. The van der Waals surface area contributed by atoms with E-state index in [2.05, 4.69) is 115 Å². The summed E-state index contributed by atoms with van der Waals surface area (Å²) in [6.07, 6.45) is 11.6. The molecule has 0 radical (unpaired) electrons. The Bertz CT molecular complexity index is 1610. The summed E-state index contributed by atoms with van der Waals surface area (Å²) in [5.41, 5.74) is 2.72. The fourth-order valence-electron chi connectivity index (χ4n) is 8.36. The third kappa shape index (κ3) is 8.80. The summed E-state index contributed by atoms with van der Waals surface area (Å²) in [5.74, 6) is 0. The molecule has 2 saturated heterocycles. The first kappa shape index (κ1) is 35.7. The third-order valence-electron chi connectivity index (χ3n) is 11.4. The molecule has 5 heteroatoms. The highest BCUT2D eigenvalue weighted by Crippen LogP contribution is 2.41. The standard InChI is InChI=1S/C44H59N3O2/c1-3-5-21-43(23-25-46-27-31-48-32-28-46,41-19-11-15-37-13-7-9-17-39(37)41)35-45-36-44(22-6-4-2,24-26-47-29-33-49-34-30-47)42-20-12-16-38-14-8-10-18-40(38)42/h7-20,35H,3-6,21-34,36H2,1-2H3. The van der Waals surface area contributed by atoms with Crippen LogP contribution in [-0.2, 0) is 20.3 Å². The number of benzene rings is 4. The monoisotopic (exact) mass is 661 g/mol. The van der Waals surface area contributed by atoms with Crippen molar-refractivity contribution in [2.75, 3.05) is 72.2 Å². The van der Waals surface area contributed by atoms with Crippen LogP contribution in [0.3, 0.4) is 0 Å². The molecule has 0 N–H and O–H groups in total. The summed E-state index contributed by atoms with van der Waals surface area (Å²) in [5, 5.41) is 5.40. The number of aliphatic imine (C=N–C) groups is 1. The van der Waals surface area contributed by atoms with Crippen LogP contribution in [0, 0.1) is 0 Å². The average Bonchev–Trinajstić information content (AvgIpc) is 3.17. The highest BCUT2D eigenvalue weighted by atomic mass is 16.5. The van der Waals surface area contributed by atoms with E-state index in [-0.39, 0.29) is 10.8 Å². The molecule has 0 amide bonds. The highest BCUT2D eigenvalue weighted by Gasteiger charge is 2.36. The largest absolute Gasteiger partial charge is 0.379 e. The van der Waals surface area contributed by atoms with Crippen LogP contribution in [0.4, 0.5) is 0 Å². The molecule has 6 rings (SSSR count). The molecule has 0 bridgehead atoms. The van der Waals surface area contributed by atoms with E-state index in [0.717, 1.165) is 97.9 Å². The molecule has 5 nitrogen and oxygen atoms in total. The molecule has 2 fully saturated rings. The van der Waals surface area contributed by atoms with Crippen molar-refractivity contribution in [1.82, 2.24) is 9.80 Å². The molecule has 4 aromatic rings. The molecule has 0 spiro atoms. The topological polar surface area (TPSA) is 37.3 Å². The lowest BCUT2D eigenvalue weighted by atomic mass is 9.71. The van der Waals surface area contributed by atoms with Crippen LogP contribution >= 0.6 is 0 Å². The van der Waals surface area contributed by atoms with E-state index in [1.54, 1.807) is 0 Å². The van der Waals surface area contributed by atoms with Gasteiger partial charge in [0.15, 0.2) is 0 Å². The first-order valence-corrected chi connectivity index (χ1v) is 19.2. The molecule has 2 aliphatic heterocycles. The van der Waals surface area contributed by atoms with Crippen LogP contribution in [-0.4, -0.2) is 88.3 Å². The summed E-state index contributed by atoms with van der Waals surface area (Å²) >= 11 is 0. The van der Waals surface area contributed by atoms with Gasteiger partial charge in [-0.05, 0) is 71.4 Å². The first-order valence-electron chi connectivity index (χ1n) is 19.2. The predicted molar refractivity (Wildman–Crippen MR) is 207 cm³/mol. The zero-order valence-corrected chi connectivity index (χ0v) is 30.3. The first-order chi connectivity index (χ1) is 24.2. The molecule has 0 aliphatic carbocycles. The lowest BCUT2D eigenvalue weighted by molar-refractivity contribution is 0.0341. The van der Waals surface area contributed by atoms with Crippen molar-refractivity contribution in [2.24, 2.45) is 4.99 Å². The number of unbranched alkanes of at least 4 members (excludes halogenated alkanes) is 2. The van der Waals surface area contributed by atoms with Gasteiger partial charge in [0.2, 0.25) is 0 Å². The quantitative estimate of drug-likeness (QED) is 0.106. The van der Waals surface area contributed by atoms with Gasteiger partial charge in [0.1, 0.15) is 0 Å². The van der Waals surface area contributed by atoms with Crippen molar-refractivity contribution in [3.63, 3.8) is 0 Å². The number of nitrogens with zero attached hydrogens (tertiary/aromatic N) is 3. The van der Waals surface area contributed by atoms with Crippen molar-refractivity contribution in [3.05, 3.63) is 96.1 Å². The number of fused-ring (bicyclic) bond motifs is 2. The molecule has 49 heavy (non-hydrogen) atoms. The Morgan fingerprint density at radius 2 is 1.10 bits per heavy atom. The van der Waals surface area contributed by atoms with Gasteiger partial charge in [0, 0.05) is 49.8 Å². The van der Waals surface area contributed by atoms with Gasteiger partial charge >= 0.3 is 0 Å². The zero-order valence-electron chi connectivity index (χ0n) is 30.3. The Kier molecular flexibility index (Phi) is 12.9. The summed E-state index contributed by atoms with van der Waals surface area (Å²) in [6.45, 7) is 15.0. The van der Waals surface area contributed by atoms with Crippen molar-refractivity contribution in [1.29, 1.82) is 0 Å². The highest BCUT2D eigenvalue weighted by molar-refractivity contribution is 5.91. The summed E-state index contributed by atoms with van der Waals surface area (Å²) in [6, 6.07) is 31.9. The van der Waals surface area contributed by atoms with Crippen LogP contribution in [0.1, 0.15) is 76.3 Å². The molecule has 0 aromatic heterocycles. The van der Waals surface area contributed by atoms with E-state index in [9.17, 15) is 0 Å². The predicted octanol–water partition coefficient (Wildman–Crippen LogP) is 9.06. The van der Waals surface area contributed by atoms with Gasteiger partial charge in [0.05, 0.1) is 26.4 Å². The summed E-state index contributed by atoms with van der Waals surface area (Å²) in [4.78, 5) is 10.9. The van der Waals surface area contributed by atoms with Crippen molar-refractivity contribution >= 4 is 27.8 Å². The van der Waals surface area contributed by atoms with E-state index in [1.807, 2.05) is 0 Å². The van der Waals surface area contributed by atoms with Gasteiger partial charge in [-0.15, -0.1) is 0 Å². The maximum Gasteiger partial charge on any atom is 0.0594 e. The van der Waals surface area contributed by atoms with E-state index >= 15 is 0 Å². The second-order valence-corrected chi connectivity index (χ2v) is 14.6. The van der Waals surface area contributed by atoms with Gasteiger partial charge in [-0.25, -0.2) is 0 Å². The van der Waals surface area contributed by atoms with Crippen molar-refractivity contribution < 1.29 is 9.47 Å². The fourth-order valence-corrected chi connectivity index (χ4v) is 8.36. The second-order valence-electron chi connectivity index (χ2n) is 14.6. The average molecular weight is 662 g/mol. The van der Waals surface area contributed by atoms with Gasteiger partial charge in [-0.1, -0.05) is 124 Å². The Morgan fingerprint density at radius 3 is 1.71 bits per heavy atom. The second kappa shape index (κ2) is 17.7. The van der Waals surface area contributed by atoms with Crippen molar-refractivity contribution in [3.8, 4) is 0 Å². The maximum absolute atomic E-state index is 5.74. The van der Waals surface area contributed by atoms with Crippen molar-refractivity contribution in [2.45, 2.75) is 76.0 Å². The SMILES string of the molecule is CCCCC(C=NCC(CCCC)(CCN1CCOCC1)c1cccc2ccccc12)(CCN1CCOCC1)c1cccc2ccccc12. The molecule has 2 atom stereocenters. The summed E-state index contributed by atoms with van der Waals surface area (Å²) < 4.78 is 11.5. The summed E-state index contributed by atoms with van der Waals surface area (Å²) in [7, 11) is 0.